The van der Waals surface area contributed by atoms with E-state index in [0.29, 0.717) is 10.6 Å². The number of nitrogens with zero attached hydrogens (tertiary/aromatic N) is 1. The first-order chi connectivity index (χ1) is 6.18. The maximum absolute atomic E-state index is 10.5. The first kappa shape index (κ1) is 8.00. The molecule has 0 amide bonds. The largest absolute Gasteiger partial charge is 0.507 e. The highest BCUT2D eigenvalue weighted by Gasteiger charge is 2.05. The molecule has 0 bridgehead atoms. The third-order valence-corrected chi connectivity index (χ3v) is 2.28. The molecule has 0 spiro atoms. The summed E-state index contributed by atoms with van der Waals surface area (Å²) in [5.41, 5.74) is 0. The van der Waals surface area contributed by atoms with Gasteiger partial charge in [-0.25, -0.2) is 4.99 Å². The van der Waals surface area contributed by atoms with E-state index in [0.717, 1.165) is 0 Å². The van der Waals surface area contributed by atoms with Gasteiger partial charge in [-0.2, -0.15) is 8.42 Å². The summed E-state index contributed by atoms with van der Waals surface area (Å²) in [7, 11) is -2.34. The van der Waals surface area contributed by atoms with Crippen molar-refractivity contribution >= 4 is 21.4 Å². The van der Waals surface area contributed by atoms with Gasteiger partial charge in [-0.15, -0.1) is 0 Å². The lowest BCUT2D eigenvalue weighted by atomic mass is 10.3. The molecule has 1 N–H and O–H groups in total. The molecule has 0 saturated heterocycles. The summed E-state index contributed by atoms with van der Waals surface area (Å²) in [6, 6.07) is 4.75. The average molecular weight is 195 g/mol. The Morgan fingerprint density at radius 1 is 1.31 bits per heavy atom. The lowest BCUT2D eigenvalue weighted by Gasteiger charge is -1.87. The van der Waals surface area contributed by atoms with Gasteiger partial charge in [-0.1, -0.05) is 6.07 Å². The summed E-state index contributed by atoms with van der Waals surface area (Å²) in [6.07, 6.45) is 1.34. The fourth-order valence-corrected chi connectivity index (χ4v) is 1.53. The van der Waals surface area contributed by atoms with Gasteiger partial charge < -0.3 is 5.11 Å². The second-order valence-electron chi connectivity index (χ2n) is 2.54. The van der Waals surface area contributed by atoms with Crippen molar-refractivity contribution in [2.24, 2.45) is 4.99 Å². The molecule has 1 aromatic carbocycles. The lowest BCUT2D eigenvalue weighted by molar-refractivity contribution is 0.470. The van der Waals surface area contributed by atoms with Gasteiger partial charge in [0.2, 0.25) is 10.3 Å². The van der Waals surface area contributed by atoms with Crippen LogP contribution in [0.25, 0.3) is 6.08 Å². The monoisotopic (exact) mass is 195 g/mol. The van der Waals surface area contributed by atoms with Gasteiger partial charge in [-0.05, 0) is 18.2 Å². The van der Waals surface area contributed by atoms with E-state index < -0.39 is 10.3 Å². The van der Waals surface area contributed by atoms with E-state index in [-0.39, 0.29) is 10.7 Å². The first-order valence-corrected chi connectivity index (χ1v) is 4.60. The van der Waals surface area contributed by atoms with Crippen molar-refractivity contribution in [2.45, 2.75) is 0 Å². The van der Waals surface area contributed by atoms with Gasteiger partial charge in [0.15, 0.2) is 4.99 Å². The minimum Gasteiger partial charge on any atom is -0.507 e. The molecule has 5 heteroatoms. The quantitative estimate of drug-likeness (QED) is 0.529. The third-order valence-electron chi connectivity index (χ3n) is 1.73. The van der Waals surface area contributed by atoms with E-state index in [9.17, 15) is 13.5 Å². The average Bonchev–Trinajstić information content (AvgIpc) is 2.49. The molecule has 66 valence electrons. The molecule has 0 aliphatic carbocycles. The zero-order valence-corrected chi connectivity index (χ0v) is 7.25. The van der Waals surface area contributed by atoms with Crippen LogP contribution in [0.4, 0.5) is 0 Å². The summed E-state index contributed by atoms with van der Waals surface area (Å²) >= 11 is 0. The van der Waals surface area contributed by atoms with Crippen LogP contribution < -0.4 is 10.6 Å². The van der Waals surface area contributed by atoms with Gasteiger partial charge in [0.1, 0.15) is 5.75 Å². The Kier molecular flexibility index (Phi) is 1.66. The summed E-state index contributed by atoms with van der Waals surface area (Å²) in [5.74, 6) is 0.0432. The van der Waals surface area contributed by atoms with E-state index in [1.807, 2.05) is 0 Å². The zero-order chi connectivity index (χ0) is 9.42. The Morgan fingerprint density at radius 2 is 2.08 bits per heavy atom. The minimum atomic E-state index is -2.34. The molecule has 2 rings (SSSR count). The highest BCUT2D eigenvalue weighted by atomic mass is 32.2. The fraction of sp³-hybridized carbons (Fsp3) is 0. The van der Waals surface area contributed by atoms with Crippen molar-refractivity contribution in [3.8, 4) is 5.75 Å². The first-order valence-electron chi connectivity index (χ1n) is 3.53. The molecule has 0 radical (unpaired) electrons. The lowest BCUT2D eigenvalue weighted by Crippen LogP contribution is -2.20. The normalized spacial score (nSPS) is 13.1. The molecule has 4 nitrogen and oxygen atoms in total. The molecule has 0 unspecified atom stereocenters. The Hall–Kier alpha value is -1.62. The highest BCUT2D eigenvalue weighted by Crippen LogP contribution is 1.97. The molecule has 0 aromatic heterocycles. The predicted molar refractivity (Wildman–Crippen MR) is 47.3 cm³/mol. The zero-order valence-electron chi connectivity index (χ0n) is 6.43. The number of phenolic OH excluding ortho intramolecular Hbond substituents is 1. The van der Waals surface area contributed by atoms with Crippen molar-refractivity contribution in [1.82, 2.24) is 0 Å². The molecular formula is C8H5NO3S. The molecule has 13 heavy (non-hydrogen) atoms. The molecular weight excluding hydrogens is 190 g/mol. The number of phenols is 1. The van der Waals surface area contributed by atoms with Crippen LogP contribution in [0.3, 0.4) is 0 Å². The number of benzene rings is 1. The summed E-state index contributed by atoms with van der Waals surface area (Å²) in [4.78, 5) is 3.76. The van der Waals surface area contributed by atoms with Crippen LogP contribution in [-0.2, 0) is 10.3 Å². The molecule has 1 heterocycles. The highest BCUT2D eigenvalue weighted by molar-refractivity contribution is 7.73. The molecule has 0 fully saturated rings. The number of fused-ring (bicyclic) bond motifs is 1. The van der Waals surface area contributed by atoms with Crippen LogP contribution in [0.15, 0.2) is 23.2 Å². The van der Waals surface area contributed by atoms with E-state index in [2.05, 4.69) is 4.99 Å². The van der Waals surface area contributed by atoms with Crippen molar-refractivity contribution in [3.63, 3.8) is 0 Å². The molecule has 0 atom stereocenters. The van der Waals surface area contributed by atoms with Crippen LogP contribution in [-0.4, -0.2) is 18.5 Å². The number of aromatic hydroxyl groups is 1. The van der Waals surface area contributed by atoms with Crippen molar-refractivity contribution in [3.05, 3.63) is 28.8 Å². The maximum atomic E-state index is 10.5. The third kappa shape index (κ3) is 1.23. The van der Waals surface area contributed by atoms with Gasteiger partial charge in [0.25, 0.3) is 0 Å². The van der Waals surface area contributed by atoms with E-state index in [4.69, 9.17) is 0 Å². The minimum absolute atomic E-state index is 0.0432. The van der Waals surface area contributed by atoms with Crippen LogP contribution in [0.2, 0.25) is 0 Å². The smallest absolute Gasteiger partial charge is 0.240 e. The van der Waals surface area contributed by atoms with E-state index >= 15 is 0 Å². The fourth-order valence-electron chi connectivity index (χ4n) is 1.15. The standard InChI is InChI=1S/C8H5NO3S/c10-7-3-1-2-6-5(7)4-8(9-6)13(11)12/h1-4,10H. The maximum Gasteiger partial charge on any atom is 0.240 e. The molecule has 1 aromatic rings. The van der Waals surface area contributed by atoms with Crippen LogP contribution in [0.5, 0.6) is 5.75 Å². The van der Waals surface area contributed by atoms with Gasteiger partial charge in [0.05, 0.1) is 5.36 Å². The number of hydrogen-bond donors (Lipinski definition) is 1. The van der Waals surface area contributed by atoms with Gasteiger partial charge in [0, 0.05) is 5.22 Å². The van der Waals surface area contributed by atoms with Gasteiger partial charge >= 0.3 is 0 Å². The van der Waals surface area contributed by atoms with Crippen LogP contribution in [0, 0.1) is 0 Å². The molecule has 0 saturated carbocycles. The van der Waals surface area contributed by atoms with Crippen molar-refractivity contribution in [2.75, 3.05) is 0 Å². The summed E-state index contributed by atoms with van der Waals surface area (Å²) in [6.45, 7) is 0. The van der Waals surface area contributed by atoms with Crippen molar-refractivity contribution < 1.29 is 13.5 Å². The SMILES string of the molecule is O=S(=O)=C1C=c2c(O)cccc2=N1. The summed E-state index contributed by atoms with van der Waals surface area (Å²) < 4.78 is 21.1. The number of hydrogen-bond acceptors (Lipinski definition) is 3. The Morgan fingerprint density at radius 3 is 2.69 bits per heavy atom. The topological polar surface area (TPSA) is 66.7 Å². The van der Waals surface area contributed by atoms with E-state index in [1.165, 1.54) is 12.1 Å². The number of rotatable bonds is 0. The Balaban J connectivity index is 2.98. The van der Waals surface area contributed by atoms with E-state index in [1.54, 1.807) is 12.1 Å². The van der Waals surface area contributed by atoms with Crippen LogP contribution in [0.1, 0.15) is 0 Å². The van der Waals surface area contributed by atoms with Gasteiger partial charge in [-0.3, -0.25) is 0 Å². The molecule has 1 aliphatic rings. The second kappa shape index (κ2) is 2.70. The predicted octanol–water partition coefficient (Wildman–Crippen LogP) is -1.19. The Labute approximate surface area is 75.0 Å². The summed E-state index contributed by atoms with van der Waals surface area (Å²) in [5, 5.41) is 10.3. The molecule has 1 aliphatic heterocycles. The second-order valence-corrected chi connectivity index (χ2v) is 3.43. The Bertz CT molecular complexity index is 605. The van der Waals surface area contributed by atoms with Crippen molar-refractivity contribution in [1.29, 1.82) is 0 Å². The van der Waals surface area contributed by atoms with Crippen LogP contribution >= 0.6 is 0 Å².